The smallest absolute Gasteiger partial charge is 0.126 e. The van der Waals surface area contributed by atoms with E-state index in [0.717, 1.165) is 77.2 Å². The molecule has 0 saturated carbocycles. The molecule has 0 unspecified atom stereocenters. The fourth-order valence-electron chi connectivity index (χ4n) is 5.86. The first kappa shape index (κ1) is 23.8. The topological polar surface area (TPSA) is 40.5 Å². The Morgan fingerprint density at radius 3 is 1.24 bits per heavy atom. The molecule has 0 fully saturated rings. The van der Waals surface area contributed by atoms with Gasteiger partial charge in [0, 0.05) is 11.1 Å². The highest BCUT2D eigenvalue weighted by molar-refractivity contribution is 6.15. The van der Waals surface area contributed by atoms with Crippen LogP contribution in [0.4, 0.5) is 0 Å². The van der Waals surface area contributed by atoms with Gasteiger partial charge in [0.1, 0.15) is 11.5 Å². The molecule has 0 bridgehead atoms. The fraction of sp³-hybridized carbons (Fsp3) is 0.111. The molecule has 6 aromatic rings. The Bertz CT molecular complexity index is 1740. The number of hydrogen-bond acceptors (Lipinski definition) is 2. The van der Waals surface area contributed by atoms with Gasteiger partial charge < -0.3 is 10.2 Å². The van der Waals surface area contributed by atoms with Crippen LogP contribution in [0.1, 0.15) is 22.3 Å². The SMILES string of the molecule is Cc1cc(C)c(O)c(-c2ccc3ccccc3c2-c2c(-c3cc(C)cc(C)c3O)ccc3ccccc23)c1. The Kier molecular flexibility index (Phi) is 5.69. The highest BCUT2D eigenvalue weighted by Crippen LogP contribution is 2.49. The van der Waals surface area contributed by atoms with Gasteiger partial charge in [-0.2, -0.15) is 0 Å². The van der Waals surface area contributed by atoms with Gasteiger partial charge >= 0.3 is 0 Å². The first-order chi connectivity index (χ1) is 18.3. The Morgan fingerprint density at radius 2 is 0.816 bits per heavy atom. The van der Waals surface area contributed by atoms with Crippen LogP contribution in [0.3, 0.4) is 0 Å². The van der Waals surface area contributed by atoms with E-state index in [1.807, 2.05) is 26.0 Å². The van der Waals surface area contributed by atoms with Crippen LogP contribution in [0.25, 0.3) is 54.9 Å². The maximum absolute atomic E-state index is 11.3. The minimum absolute atomic E-state index is 0.295. The normalized spacial score (nSPS) is 11.4. The van der Waals surface area contributed by atoms with E-state index in [1.165, 1.54) is 0 Å². The van der Waals surface area contributed by atoms with Crippen LogP contribution in [-0.4, -0.2) is 10.2 Å². The van der Waals surface area contributed by atoms with Crippen LogP contribution in [-0.2, 0) is 0 Å². The molecular formula is C36H30O2. The lowest BCUT2D eigenvalue weighted by atomic mass is 9.82. The third kappa shape index (κ3) is 3.81. The quantitative estimate of drug-likeness (QED) is 0.257. The van der Waals surface area contributed by atoms with Crippen LogP contribution in [0, 0.1) is 27.7 Å². The summed E-state index contributed by atoms with van der Waals surface area (Å²) in [4.78, 5) is 0. The maximum atomic E-state index is 11.3. The van der Waals surface area contributed by atoms with Crippen molar-refractivity contribution < 1.29 is 10.2 Å². The average molecular weight is 495 g/mol. The zero-order valence-electron chi connectivity index (χ0n) is 22.1. The number of phenols is 2. The van der Waals surface area contributed by atoms with E-state index in [4.69, 9.17) is 0 Å². The minimum atomic E-state index is 0.295. The van der Waals surface area contributed by atoms with Crippen molar-refractivity contribution in [2.45, 2.75) is 27.7 Å². The summed E-state index contributed by atoms with van der Waals surface area (Å²) >= 11 is 0. The van der Waals surface area contributed by atoms with E-state index in [9.17, 15) is 10.2 Å². The van der Waals surface area contributed by atoms with Crippen molar-refractivity contribution in [1.29, 1.82) is 0 Å². The summed E-state index contributed by atoms with van der Waals surface area (Å²) in [5, 5.41) is 27.0. The van der Waals surface area contributed by atoms with E-state index in [2.05, 4.69) is 98.8 Å². The number of benzene rings is 6. The predicted octanol–water partition coefficient (Wildman–Crippen LogP) is 9.64. The van der Waals surface area contributed by atoms with Crippen LogP contribution < -0.4 is 0 Å². The molecular weight excluding hydrogens is 464 g/mol. The first-order valence-corrected chi connectivity index (χ1v) is 13.0. The number of phenolic OH excluding ortho intramolecular Hbond substituents is 2. The molecule has 6 aromatic carbocycles. The van der Waals surface area contributed by atoms with Crippen LogP contribution >= 0.6 is 0 Å². The van der Waals surface area contributed by atoms with Gasteiger partial charge in [-0.05, 0) is 106 Å². The van der Waals surface area contributed by atoms with Gasteiger partial charge in [-0.3, -0.25) is 0 Å². The molecule has 0 atom stereocenters. The van der Waals surface area contributed by atoms with Crippen molar-refractivity contribution in [2.24, 2.45) is 0 Å². The molecule has 0 aliphatic rings. The van der Waals surface area contributed by atoms with Gasteiger partial charge in [0.25, 0.3) is 0 Å². The zero-order valence-corrected chi connectivity index (χ0v) is 22.1. The summed E-state index contributed by atoms with van der Waals surface area (Å²) < 4.78 is 0. The van der Waals surface area contributed by atoms with Crippen LogP contribution in [0.15, 0.2) is 97.1 Å². The van der Waals surface area contributed by atoms with Gasteiger partial charge in [-0.25, -0.2) is 0 Å². The van der Waals surface area contributed by atoms with E-state index in [1.54, 1.807) is 0 Å². The molecule has 0 spiro atoms. The van der Waals surface area contributed by atoms with Gasteiger partial charge in [0.05, 0.1) is 0 Å². The molecule has 0 radical (unpaired) electrons. The molecule has 0 amide bonds. The monoisotopic (exact) mass is 494 g/mol. The lowest BCUT2D eigenvalue weighted by Crippen LogP contribution is -1.95. The number of rotatable bonds is 3. The Labute approximate surface area is 223 Å². The van der Waals surface area contributed by atoms with Crippen molar-refractivity contribution in [3.05, 3.63) is 119 Å². The molecule has 0 aromatic heterocycles. The standard InChI is InChI=1S/C36H30O2/c1-21-17-23(3)35(37)31(19-21)29-15-13-25-9-5-7-11-27(25)33(29)34-28-12-8-6-10-26(28)14-16-30(34)32-20-22(2)18-24(4)36(32)38/h5-20,37-38H,1-4H3. The molecule has 2 nitrogen and oxygen atoms in total. The Morgan fingerprint density at radius 1 is 0.421 bits per heavy atom. The molecule has 0 saturated heterocycles. The zero-order chi connectivity index (χ0) is 26.6. The van der Waals surface area contributed by atoms with E-state index >= 15 is 0 Å². The van der Waals surface area contributed by atoms with Gasteiger partial charge in [-0.1, -0.05) is 84.9 Å². The highest BCUT2D eigenvalue weighted by atomic mass is 16.3. The molecule has 0 heterocycles. The number of fused-ring (bicyclic) bond motifs is 2. The summed E-state index contributed by atoms with van der Waals surface area (Å²) in [5.41, 5.74) is 9.55. The van der Waals surface area contributed by atoms with E-state index < -0.39 is 0 Å². The van der Waals surface area contributed by atoms with Gasteiger partial charge in [-0.15, -0.1) is 0 Å². The summed E-state index contributed by atoms with van der Waals surface area (Å²) in [6, 6.07) is 33.5. The second-order valence-electron chi connectivity index (χ2n) is 10.4. The Balaban J connectivity index is 1.85. The molecule has 2 heteroatoms. The molecule has 38 heavy (non-hydrogen) atoms. The molecule has 186 valence electrons. The lowest BCUT2D eigenvalue weighted by Gasteiger charge is -2.22. The van der Waals surface area contributed by atoms with Crippen molar-refractivity contribution in [3.63, 3.8) is 0 Å². The molecule has 0 aliphatic carbocycles. The van der Waals surface area contributed by atoms with Crippen molar-refractivity contribution >= 4 is 21.5 Å². The largest absolute Gasteiger partial charge is 0.507 e. The van der Waals surface area contributed by atoms with Gasteiger partial charge in [0.2, 0.25) is 0 Å². The molecule has 2 N–H and O–H groups in total. The minimum Gasteiger partial charge on any atom is -0.507 e. The number of aryl methyl sites for hydroxylation is 4. The third-order valence-corrected chi connectivity index (χ3v) is 7.58. The van der Waals surface area contributed by atoms with Crippen molar-refractivity contribution in [1.82, 2.24) is 0 Å². The fourth-order valence-corrected chi connectivity index (χ4v) is 5.86. The maximum Gasteiger partial charge on any atom is 0.126 e. The molecule has 0 aliphatic heterocycles. The summed E-state index contributed by atoms with van der Waals surface area (Å²) in [6.07, 6.45) is 0. The highest BCUT2D eigenvalue weighted by Gasteiger charge is 2.22. The lowest BCUT2D eigenvalue weighted by molar-refractivity contribution is 0.472. The van der Waals surface area contributed by atoms with E-state index in [-0.39, 0.29) is 0 Å². The summed E-state index contributed by atoms with van der Waals surface area (Å²) in [5.74, 6) is 0.589. The first-order valence-electron chi connectivity index (χ1n) is 13.0. The summed E-state index contributed by atoms with van der Waals surface area (Å²) in [6.45, 7) is 8.02. The summed E-state index contributed by atoms with van der Waals surface area (Å²) in [7, 11) is 0. The molecule has 6 rings (SSSR count). The second-order valence-corrected chi connectivity index (χ2v) is 10.4. The van der Waals surface area contributed by atoms with Crippen LogP contribution in [0.5, 0.6) is 11.5 Å². The van der Waals surface area contributed by atoms with E-state index in [0.29, 0.717) is 11.5 Å². The van der Waals surface area contributed by atoms with Crippen molar-refractivity contribution in [2.75, 3.05) is 0 Å². The average Bonchev–Trinajstić information content (AvgIpc) is 2.91. The predicted molar refractivity (Wildman–Crippen MR) is 160 cm³/mol. The Hall–Kier alpha value is -4.56. The van der Waals surface area contributed by atoms with Gasteiger partial charge in [0.15, 0.2) is 0 Å². The number of aromatic hydroxyl groups is 2. The van der Waals surface area contributed by atoms with Crippen molar-refractivity contribution in [3.8, 4) is 44.9 Å². The number of hydrogen-bond donors (Lipinski definition) is 2. The third-order valence-electron chi connectivity index (χ3n) is 7.58. The van der Waals surface area contributed by atoms with Crippen LogP contribution in [0.2, 0.25) is 0 Å². The second kappa shape index (κ2) is 9.08.